The van der Waals surface area contributed by atoms with Crippen molar-refractivity contribution in [3.8, 4) is 0 Å². The van der Waals surface area contributed by atoms with Gasteiger partial charge in [-0.05, 0) is 67.7 Å². The van der Waals surface area contributed by atoms with Crippen LogP contribution in [-0.4, -0.2) is 154 Å². The van der Waals surface area contributed by atoms with Crippen molar-refractivity contribution >= 4 is 54.8 Å². The Morgan fingerprint density at radius 3 is 2.14 bits per heavy atom. The van der Waals surface area contributed by atoms with E-state index in [1.165, 1.54) is 16.9 Å². The van der Waals surface area contributed by atoms with Crippen LogP contribution in [0.3, 0.4) is 0 Å². The summed E-state index contributed by atoms with van der Waals surface area (Å²) in [6, 6.07) is 21.4. The van der Waals surface area contributed by atoms with Crippen LogP contribution in [0.15, 0.2) is 120 Å². The number of piperazine rings is 3. The van der Waals surface area contributed by atoms with E-state index in [-0.39, 0.29) is 66.7 Å². The van der Waals surface area contributed by atoms with Crippen LogP contribution in [0.25, 0.3) is 0 Å². The molecule has 5 heterocycles. The topological polar surface area (TPSA) is 190 Å². The van der Waals surface area contributed by atoms with Crippen LogP contribution in [0.5, 0.6) is 0 Å². The highest BCUT2D eigenvalue weighted by Gasteiger charge is 2.49. The van der Waals surface area contributed by atoms with Gasteiger partial charge in [-0.3, -0.25) is 14.4 Å². The molecule has 3 N–H and O–H groups in total. The molecule has 0 atom stereocenters. The Morgan fingerprint density at radius 1 is 0.819 bits per heavy atom. The first-order valence-electron chi connectivity index (χ1n) is 25.0. The van der Waals surface area contributed by atoms with E-state index in [2.05, 4.69) is 60.7 Å². The highest BCUT2D eigenvalue weighted by atomic mass is 32.2. The molecule has 72 heavy (non-hydrogen) atoms. The van der Waals surface area contributed by atoms with Crippen LogP contribution in [0, 0.1) is 0 Å². The molecule has 0 aliphatic carbocycles. The number of benzene rings is 3. The third-order valence-electron chi connectivity index (χ3n) is 15.5. The molecule has 3 aromatic carbocycles. The Labute approximate surface area is 427 Å². The van der Waals surface area contributed by atoms with E-state index < -0.39 is 31.3 Å². The maximum Gasteiger partial charge on any atom is 0.272 e. The fourth-order valence-corrected chi connectivity index (χ4v) is 12.8. The third kappa shape index (κ3) is 12.4. The fourth-order valence-electron chi connectivity index (χ4n) is 11.1. The smallest absolute Gasteiger partial charge is 0.272 e. The molecular weight excluding hydrogens is 951 g/mol. The van der Waals surface area contributed by atoms with Crippen molar-refractivity contribution in [2.75, 3.05) is 96.7 Å². The summed E-state index contributed by atoms with van der Waals surface area (Å²) in [4.78, 5) is 39.4. The van der Waals surface area contributed by atoms with Crippen LogP contribution >= 0.6 is 0 Å². The van der Waals surface area contributed by atoms with Crippen molar-refractivity contribution < 1.29 is 49.3 Å². The van der Waals surface area contributed by atoms with Gasteiger partial charge < -0.3 is 29.5 Å². The molecule has 3 saturated heterocycles. The number of amides is 2. The van der Waals surface area contributed by atoms with Crippen LogP contribution in [0.4, 0.5) is 11.4 Å². The number of fused-ring (bicyclic) bond motifs is 5. The summed E-state index contributed by atoms with van der Waals surface area (Å²) in [6.07, 6.45) is 15.5. The van der Waals surface area contributed by atoms with Gasteiger partial charge in [0.2, 0.25) is 21.6 Å². The van der Waals surface area contributed by atoms with Gasteiger partial charge in [-0.15, -0.1) is 0 Å². The lowest BCUT2D eigenvalue weighted by molar-refractivity contribution is -1.08. The van der Waals surface area contributed by atoms with Crippen molar-refractivity contribution in [3.05, 3.63) is 137 Å². The van der Waals surface area contributed by atoms with E-state index in [0.717, 1.165) is 101 Å². The van der Waals surface area contributed by atoms with Gasteiger partial charge in [0.25, 0.3) is 5.91 Å². The van der Waals surface area contributed by atoms with Crippen molar-refractivity contribution in [1.82, 2.24) is 9.62 Å². The van der Waals surface area contributed by atoms with Crippen LogP contribution in [0.1, 0.15) is 69.2 Å². The molecule has 3 fully saturated rings. The van der Waals surface area contributed by atoms with Crippen LogP contribution in [-0.2, 0) is 58.2 Å². The molecular formula is C55H73N7O8S2+2. The zero-order valence-electron chi connectivity index (χ0n) is 42.8. The number of allylic oxidation sites excluding steroid dienone is 8. The fraction of sp³-hybridized carbons (Fsp3) is 0.455. The lowest BCUT2D eigenvalue weighted by Gasteiger charge is -2.55. The molecule has 0 unspecified atom stereocenters. The number of Topliss-reactive ketones (excluding diaryl/α,β-unsaturated/α-hetero) is 1. The Kier molecular flexibility index (Phi) is 16.5. The van der Waals surface area contributed by atoms with Crippen molar-refractivity contribution in [2.24, 2.45) is 5.73 Å². The Balaban J connectivity index is 0.849. The molecule has 0 radical (unpaired) electrons. The molecule has 8 rings (SSSR count). The zero-order valence-corrected chi connectivity index (χ0v) is 44.4. The molecule has 2 bridgehead atoms. The molecule has 15 nitrogen and oxygen atoms in total. The average Bonchev–Trinajstić information content (AvgIpc) is 3.66. The predicted molar refractivity (Wildman–Crippen MR) is 281 cm³/mol. The molecule has 5 aliphatic heterocycles. The third-order valence-corrected chi connectivity index (χ3v) is 18.2. The standard InChI is InChI=1S/C55H71N7O8S2/c1-54(2)46-16-12-13-17-49(46)60(29-15-37-71(66,67)68)51(54)19-11-9-7-8-10-18-50-55(3,4)47-39-45(25-26-48(47)59(50)6)72(69,70)58(5)28-14-20-53(65)57-40-44(63)38-43-23-21-42(22-24-43)27-30-61-31-34-62(35-32-61,36-33-61)41-52(56)64/h7-13,16-19,21-26,39H,14-15,20,27-38,40-41H2,1-6H3,(H-3,56,57,64,65,66,67,68)/p+2. The number of ketones is 1. The number of hydrogen-bond acceptors (Lipinski definition) is 9. The quantitative estimate of drug-likeness (QED) is 0.0571. The Morgan fingerprint density at radius 2 is 1.46 bits per heavy atom. The molecule has 3 aromatic rings. The Bertz CT molecular complexity index is 2910. The summed E-state index contributed by atoms with van der Waals surface area (Å²) >= 11 is 0. The summed E-state index contributed by atoms with van der Waals surface area (Å²) in [7, 11) is -4.71. The number of nitrogens with one attached hydrogen (secondary N) is 1. The van der Waals surface area contributed by atoms with Crippen molar-refractivity contribution in [3.63, 3.8) is 0 Å². The SMILES string of the molecule is CN(CCCC(=O)NCC(=O)Cc1ccc(CC[N+]23CC[N+](CC(N)=O)(CC2)CC3)cc1)S(=O)(=O)c1ccc2c(c1)C(C)(C)C(/C=C/C=C/C=C/C=C1/N(CCCS(=O)(=O)[O-])c3ccccc3C1(C)C)=[N+]2C. The van der Waals surface area contributed by atoms with Crippen molar-refractivity contribution in [1.29, 1.82) is 0 Å². The highest BCUT2D eigenvalue weighted by Crippen LogP contribution is 2.47. The van der Waals surface area contributed by atoms with Crippen LogP contribution in [0.2, 0.25) is 0 Å². The monoisotopic (exact) mass is 1020 g/mol. The van der Waals surface area contributed by atoms with E-state index in [4.69, 9.17) is 5.73 Å². The van der Waals surface area contributed by atoms with E-state index in [0.29, 0.717) is 13.1 Å². The number of carbonyl (C=O) groups is 3. The molecule has 386 valence electrons. The van der Waals surface area contributed by atoms with E-state index >= 15 is 0 Å². The number of anilines is 1. The van der Waals surface area contributed by atoms with Gasteiger partial charge in [0.15, 0.2) is 18.0 Å². The second-order valence-electron chi connectivity index (χ2n) is 21.2. The largest absolute Gasteiger partial charge is 0.748 e. The number of hydrogen-bond donors (Lipinski definition) is 2. The molecule has 5 aliphatic rings. The summed E-state index contributed by atoms with van der Waals surface area (Å²) in [5, 5.41) is 2.71. The molecule has 0 spiro atoms. The predicted octanol–water partition coefficient (Wildman–Crippen LogP) is 5.00. The number of sulfonamides is 1. The van der Waals surface area contributed by atoms with Gasteiger partial charge in [-0.1, -0.05) is 86.7 Å². The average molecular weight is 1020 g/mol. The van der Waals surface area contributed by atoms with Gasteiger partial charge in [0.05, 0.1) is 33.5 Å². The minimum Gasteiger partial charge on any atom is -0.748 e. The van der Waals surface area contributed by atoms with E-state index in [9.17, 15) is 35.8 Å². The summed E-state index contributed by atoms with van der Waals surface area (Å²) in [5.41, 5.74) is 12.7. The zero-order chi connectivity index (χ0) is 52.1. The van der Waals surface area contributed by atoms with Gasteiger partial charge in [0.1, 0.15) is 46.3 Å². The minimum atomic E-state index is -4.31. The molecule has 2 amide bonds. The van der Waals surface area contributed by atoms with E-state index in [1.807, 2.05) is 86.0 Å². The van der Waals surface area contributed by atoms with E-state index in [1.54, 1.807) is 12.1 Å². The number of nitrogens with zero attached hydrogens (tertiary/aromatic N) is 5. The summed E-state index contributed by atoms with van der Waals surface area (Å²) in [6.45, 7) is 16.5. The second kappa shape index (κ2) is 21.9. The van der Waals surface area contributed by atoms with Crippen molar-refractivity contribution in [2.45, 2.75) is 75.5 Å². The van der Waals surface area contributed by atoms with Gasteiger partial charge in [0, 0.05) is 79.7 Å². The molecule has 0 aromatic heterocycles. The maximum atomic E-state index is 13.8. The van der Waals surface area contributed by atoms with Gasteiger partial charge >= 0.3 is 0 Å². The number of primary amides is 1. The second-order valence-corrected chi connectivity index (χ2v) is 24.8. The minimum absolute atomic E-state index is 0.0768. The van der Waals surface area contributed by atoms with Gasteiger partial charge in [-0.25, -0.2) is 21.1 Å². The number of para-hydroxylation sites is 1. The number of rotatable bonds is 23. The lowest BCUT2D eigenvalue weighted by Crippen LogP contribution is -2.76. The van der Waals surface area contributed by atoms with Gasteiger partial charge in [-0.2, -0.15) is 4.58 Å². The first-order chi connectivity index (χ1) is 34.0. The molecule has 0 saturated carbocycles. The maximum absolute atomic E-state index is 13.8. The normalized spacial score (nSPS) is 21.9. The first kappa shape index (κ1) is 54.2. The summed E-state index contributed by atoms with van der Waals surface area (Å²) in [5.74, 6) is -1.05. The number of nitrogens with two attached hydrogens (primary N) is 1. The summed E-state index contributed by atoms with van der Waals surface area (Å²) < 4.78 is 66.9. The van der Waals surface area contributed by atoms with Crippen LogP contribution < -0.4 is 16.0 Å². The lowest BCUT2D eigenvalue weighted by atomic mass is 9.81. The highest BCUT2D eigenvalue weighted by molar-refractivity contribution is 7.89. The first-order valence-corrected chi connectivity index (χ1v) is 28.1. The number of quaternary nitrogens is 2. The number of carbonyl (C=O) groups excluding carboxylic acids is 3. The molecule has 17 heteroatoms. The Hall–Kier alpha value is -5.56.